The van der Waals surface area contributed by atoms with E-state index < -0.39 is 31.6 Å². The molecule has 0 unspecified atom stereocenters. The van der Waals surface area contributed by atoms with Crippen LogP contribution in [0.4, 0.5) is 14.5 Å². The highest BCUT2D eigenvalue weighted by molar-refractivity contribution is 6.07. The molecular weight excluding hydrogens is 390 g/mol. The summed E-state index contributed by atoms with van der Waals surface area (Å²) in [6, 6.07) is 5.55. The van der Waals surface area contributed by atoms with E-state index in [9.17, 15) is 28.0 Å². The van der Waals surface area contributed by atoms with Crippen LogP contribution in [-0.2, 0) is 23.9 Å². The first-order valence-electron chi connectivity index (χ1n) is 9.21. The molecule has 1 N–H and O–H groups in total. The van der Waals surface area contributed by atoms with E-state index in [-0.39, 0.29) is 35.1 Å². The number of ether oxygens (including phenoxy) is 2. The lowest BCUT2D eigenvalue weighted by atomic mass is 9.81. The second-order valence-corrected chi connectivity index (χ2v) is 6.84. The number of esters is 1. The highest BCUT2D eigenvalue weighted by Gasteiger charge is 2.48. The van der Waals surface area contributed by atoms with Crippen LogP contribution < -0.4 is 10.1 Å². The van der Waals surface area contributed by atoms with Crippen LogP contribution >= 0.6 is 0 Å². The minimum absolute atomic E-state index is 0.0113. The van der Waals surface area contributed by atoms with E-state index in [0.29, 0.717) is 12.8 Å². The first-order valence-corrected chi connectivity index (χ1v) is 9.21. The Hall–Kier alpha value is -3.04. The van der Waals surface area contributed by atoms with Crippen molar-refractivity contribution in [3.8, 4) is 5.75 Å². The molecule has 3 rings (SSSR count). The quantitative estimate of drug-likeness (QED) is 0.545. The molecule has 0 bridgehead atoms. The number of alkyl halides is 2. The Morgan fingerprint density at radius 2 is 1.72 bits per heavy atom. The first kappa shape index (κ1) is 20.7. The van der Waals surface area contributed by atoms with Crippen molar-refractivity contribution in [1.82, 2.24) is 4.90 Å². The Bertz CT molecular complexity index is 792. The van der Waals surface area contributed by atoms with E-state index in [1.807, 2.05) is 0 Å². The summed E-state index contributed by atoms with van der Waals surface area (Å²) in [5, 5.41) is 2.30. The van der Waals surface area contributed by atoms with E-state index in [1.165, 1.54) is 24.3 Å². The van der Waals surface area contributed by atoms with Crippen molar-refractivity contribution in [2.75, 3.05) is 18.5 Å². The van der Waals surface area contributed by atoms with Crippen molar-refractivity contribution < 1.29 is 37.4 Å². The number of carbonyl (C=O) groups excluding carboxylic acids is 4. The van der Waals surface area contributed by atoms with Gasteiger partial charge >= 0.3 is 12.6 Å². The number of amides is 3. The Labute approximate surface area is 165 Å². The predicted octanol–water partition coefficient (Wildman–Crippen LogP) is 1.94. The minimum atomic E-state index is -3.06. The van der Waals surface area contributed by atoms with Crippen LogP contribution in [0.2, 0.25) is 0 Å². The van der Waals surface area contributed by atoms with Crippen LogP contribution in [0.5, 0.6) is 5.75 Å². The van der Waals surface area contributed by atoms with Crippen LogP contribution in [0.1, 0.15) is 25.7 Å². The smallest absolute Gasteiger partial charge is 0.387 e. The molecule has 8 nitrogen and oxygen atoms in total. The summed E-state index contributed by atoms with van der Waals surface area (Å²) in [7, 11) is 0. The maximum absolute atomic E-state index is 12.4. The number of para-hydroxylation sites is 2. The van der Waals surface area contributed by atoms with Crippen molar-refractivity contribution in [2.45, 2.75) is 32.3 Å². The molecule has 2 fully saturated rings. The SMILES string of the molecule is O=C(COC(=O)CN1C(=O)[C@H]2CCCC[C@@H]2C1=O)Nc1ccccc1OC(F)F. The molecule has 1 saturated carbocycles. The van der Waals surface area contributed by atoms with Gasteiger partial charge < -0.3 is 14.8 Å². The molecule has 2 aliphatic rings. The van der Waals surface area contributed by atoms with E-state index in [1.54, 1.807) is 0 Å². The Balaban J connectivity index is 1.50. The molecule has 2 atom stereocenters. The largest absolute Gasteiger partial charge is 0.454 e. The normalized spacial score (nSPS) is 21.1. The third kappa shape index (κ3) is 4.87. The van der Waals surface area contributed by atoms with Gasteiger partial charge in [0.1, 0.15) is 12.3 Å². The maximum atomic E-state index is 12.4. The lowest BCUT2D eigenvalue weighted by Crippen LogP contribution is -2.37. The second kappa shape index (κ2) is 8.97. The lowest BCUT2D eigenvalue weighted by Gasteiger charge is -2.19. The van der Waals surface area contributed by atoms with Gasteiger partial charge in [0.25, 0.3) is 5.91 Å². The zero-order valence-electron chi connectivity index (χ0n) is 15.4. The Morgan fingerprint density at radius 3 is 2.34 bits per heavy atom. The summed E-state index contributed by atoms with van der Waals surface area (Å²) in [6.45, 7) is -4.32. The summed E-state index contributed by atoms with van der Waals surface area (Å²) in [6.07, 6.45) is 3.00. The molecule has 1 aliphatic carbocycles. The predicted molar refractivity (Wildman–Crippen MR) is 94.8 cm³/mol. The average Bonchev–Trinajstić information content (AvgIpc) is 2.93. The van der Waals surface area contributed by atoms with Gasteiger partial charge in [-0.3, -0.25) is 24.1 Å². The summed E-state index contributed by atoms with van der Waals surface area (Å²) in [5.41, 5.74) is -0.0113. The molecule has 3 amide bonds. The van der Waals surface area contributed by atoms with E-state index >= 15 is 0 Å². The fourth-order valence-electron chi connectivity index (χ4n) is 3.66. The maximum Gasteiger partial charge on any atom is 0.387 e. The van der Waals surface area contributed by atoms with E-state index in [2.05, 4.69) is 10.1 Å². The van der Waals surface area contributed by atoms with Crippen LogP contribution in [-0.4, -0.2) is 48.4 Å². The van der Waals surface area contributed by atoms with Gasteiger partial charge in [0, 0.05) is 0 Å². The molecule has 0 aromatic heterocycles. The van der Waals surface area contributed by atoms with Gasteiger partial charge in [-0.25, -0.2) is 0 Å². The molecule has 0 spiro atoms. The number of imide groups is 1. The van der Waals surface area contributed by atoms with Crippen molar-refractivity contribution in [3.63, 3.8) is 0 Å². The molecule has 156 valence electrons. The standard InChI is InChI=1S/C19H20F2N2O6/c20-19(21)29-14-8-4-3-7-13(14)22-15(24)10-28-16(25)9-23-17(26)11-5-1-2-6-12(11)18(23)27/h3-4,7-8,11-12,19H,1-2,5-6,9-10H2,(H,22,24)/t11-,12-/m0/s1. The second-order valence-electron chi connectivity index (χ2n) is 6.84. The van der Waals surface area contributed by atoms with Gasteiger partial charge in [-0.05, 0) is 25.0 Å². The molecule has 1 aromatic carbocycles. The number of fused-ring (bicyclic) bond motifs is 1. The van der Waals surface area contributed by atoms with Crippen LogP contribution in [0.25, 0.3) is 0 Å². The molecule has 0 radical (unpaired) electrons. The van der Waals surface area contributed by atoms with Gasteiger partial charge in [-0.1, -0.05) is 25.0 Å². The fourth-order valence-corrected chi connectivity index (χ4v) is 3.66. The highest BCUT2D eigenvalue weighted by Crippen LogP contribution is 2.37. The number of hydrogen-bond donors (Lipinski definition) is 1. The molecule has 10 heteroatoms. The van der Waals surface area contributed by atoms with E-state index in [0.717, 1.165) is 17.7 Å². The molecule has 1 heterocycles. The molecule has 1 aromatic rings. The summed E-state index contributed by atoms with van der Waals surface area (Å²) < 4.78 is 33.9. The fraction of sp³-hybridized carbons (Fsp3) is 0.474. The summed E-state index contributed by atoms with van der Waals surface area (Å²) in [5.74, 6) is -3.43. The average molecular weight is 410 g/mol. The summed E-state index contributed by atoms with van der Waals surface area (Å²) in [4.78, 5) is 49.5. The van der Waals surface area contributed by atoms with Gasteiger partial charge in [0.15, 0.2) is 6.61 Å². The van der Waals surface area contributed by atoms with Crippen LogP contribution in [0, 0.1) is 11.8 Å². The van der Waals surface area contributed by atoms with Gasteiger partial charge in [0.2, 0.25) is 11.8 Å². The van der Waals surface area contributed by atoms with Crippen molar-refractivity contribution in [3.05, 3.63) is 24.3 Å². The summed E-state index contributed by atoms with van der Waals surface area (Å²) >= 11 is 0. The number of rotatable bonds is 7. The number of anilines is 1. The Kier molecular flexibility index (Phi) is 6.40. The number of hydrogen-bond acceptors (Lipinski definition) is 6. The Morgan fingerprint density at radius 1 is 1.10 bits per heavy atom. The van der Waals surface area contributed by atoms with Crippen molar-refractivity contribution >= 4 is 29.4 Å². The highest BCUT2D eigenvalue weighted by atomic mass is 19.3. The van der Waals surface area contributed by atoms with Crippen molar-refractivity contribution in [1.29, 1.82) is 0 Å². The molecule has 1 aliphatic heterocycles. The van der Waals surface area contributed by atoms with Crippen LogP contribution in [0.15, 0.2) is 24.3 Å². The number of nitrogens with one attached hydrogen (secondary N) is 1. The number of nitrogens with zero attached hydrogens (tertiary/aromatic N) is 1. The van der Waals surface area contributed by atoms with Gasteiger partial charge in [0.05, 0.1) is 17.5 Å². The molecule has 29 heavy (non-hydrogen) atoms. The van der Waals surface area contributed by atoms with Crippen molar-refractivity contribution in [2.24, 2.45) is 11.8 Å². The van der Waals surface area contributed by atoms with Gasteiger partial charge in [-0.15, -0.1) is 0 Å². The zero-order chi connectivity index (χ0) is 21.0. The molecule has 1 saturated heterocycles. The number of likely N-dealkylation sites (tertiary alicyclic amines) is 1. The number of benzene rings is 1. The third-order valence-electron chi connectivity index (χ3n) is 4.96. The monoisotopic (exact) mass is 410 g/mol. The minimum Gasteiger partial charge on any atom is -0.454 e. The van der Waals surface area contributed by atoms with Crippen LogP contribution in [0.3, 0.4) is 0 Å². The van der Waals surface area contributed by atoms with E-state index in [4.69, 9.17) is 4.74 Å². The lowest BCUT2D eigenvalue weighted by molar-refractivity contribution is -0.154. The number of halogens is 2. The topological polar surface area (TPSA) is 102 Å². The first-order chi connectivity index (χ1) is 13.9. The number of carbonyl (C=O) groups is 4. The van der Waals surface area contributed by atoms with Gasteiger partial charge in [-0.2, -0.15) is 8.78 Å². The third-order valence-corrected chi connectivity index (χ3v) is 4.96. The zero-order valence-corrected chi connectivity index (χ0v) is 15.4. The molecular formula is C19H20F2N2O6.